The van der Waals surface area contributed by atoms with Crippen LogP contribution >= 0.6 is 0 Å². The molecule has 0 aliphatic carbocycles. The first-order valence-electron chi connectivity index (χ1n) is 3.11. The number of rotatable bonds is 3. The molecule has 0 fully saturated rings. The summed E-state index contributed by atoms with van der Waals surface area (Å²) in [7, 11) is -3.48. The Kier molecular flexibility index (Phi) is 3.02. The molecule has 0 heterocycles. The summed E-state index contributed by atoms with van der Waals surface area (Å²) in [5.74, 6) is -0.00444. The van der Waals surface area contributed by atoms with Gasteiger partial charge in [-0.25, -0.2) is 8.42 Å². The van der Waals surface area contributed by atoms with Crippen LogP contribution in [0.15, 0.2) is 0 Å². The zero-order valence-corrected chi connectivity index (χ0v) is 7.18. The fourth-order valence-corrected chi connectivity index (χ4v) is 1.40. The summed E-state index contributed by atoms with van der Waals surface area (Å²) in [6.45, 7) is 5.08. The van der Waals surface area contributed by atoms with Crippen LogP contribution < -0.4 is 0 Å². The lowest BCUT2D eigenvalue weighted by atomic mass is 10.2. The first-order chi connectivity index (χ1) is 4.41. The SMILES string of the molecule is CC(C)C(C)S(=O)(=O)C=O. The molecule has 10 heavy (non-hydrogen) atoms. The van der Waals surface area contributed by atoms with Crippen LogP contribution in [0.25, 0.3) is 0 Å². The van der Waals surface area contributed by atoms with E-state index in [9.17, 15) is 13.2 Å². The number of hydrogen-bond acceptors (Lipinski definition) is 3. The van der Waals surface area contributed by atoms with Crippen LogP contribution in [-0.4, -0.2) is 19.3 Å². The summed E-state index contributed by atoms with van der Waals surface area (Å²) in [5, 5.41) is -0.565. The maximum Gasteiger partial charge on any atom is 0.234 e. The number of carbonyl (C=O) groups excluding carboxylic acids is 1. The molecule has 0 aliphatic heterocycles. The van der Waals surface area contributed by atoms with E-state index in [1.165, 1.54) is 6.92 Å². The first-order valence-corrected chi connectivity index (χ1v) is 4.72. The molecule has 0 aromatic heterocycles. The standard InChI is InChI=1S/C6H12O3S/c1-5(2)6(3)10(8,9)4-7/h4-6H,1-3H3. The molecule has 0 saturated carbocycles. The second-order valence-corrected chi connectivity index (χ2v) is 4.75. The summed E-state index contributed by atoms with van der Waals surface area (Å²) in [4.78, 5) is 9.98. The Morgan fingerprint density at radius 2 is 1.60 bits per heavy atom. The predicted octanol–water partition coefficient (Wildman–Crippen LogP) is 0.636. The van der Waals surface area contributed by atoms with Crippen molar-refractivity contribution in [2.75, 3.05) is 0 Å². The quantitative estimate of drug-likeness (QED) is 0.575. The van der Waals surface area contributed by atoms with E-state index in [2.05, 4.69) is 0 Å². The van der Waals surface area contributed by atoms with Gasteiger partial charge in [-0.1, -0.05) is 13.8 Å². The minimum absolute atomic E-state index is 0.00444. The molecule has 0 aromatic rings. The van der Waals surface area contributed by atoms with Gasteiger partial charge in [0.1, 0.15) is 0 Å². The van der Waals surface area contributed by atoms with Gasteiger partial charge in [0.2, 0.25) is 15.5 Å². The normalized spacial score (nSPS) is 15.2. The third-order valence-corrected chi connectivity index (χ3v) is 3.44. The summed E-state index contributed by atoms with van der Waals surface area (Å²) in [6, 6.07) is 0. The Labute approximate surface area is 61.4 Å². The third-order valence-electron chi connectivity index (χ3n) is 1.59. The predicted molar refractivity (Wildman–Crippen MR) is 40.0 cm³/mol. The molecule has 0 rings (SSSR count). The molecule has 1 unspecified atom stereocenters. The topological polar surface area (TPSA) is 51.2 Å². The molecule has 0 saturated heterocycles. The highest BCUT2D eigenvalue weighted by Crippen LogP contribution is 2.09. The van der Waals surface area contributed by atoms with Crippen LogP contribution in [0.2, 0.25) is 0 Å². The summed E-state index contributed by atoms with van der Waals surface area (Å²) in [6.07, 6.45) is 0. The van der Waals surface area contributed by atoms with Crippen LogP contribution in [0.4, 0.5) is 0 Å². The minimum Gasteiger partial charge on any atom is -0.285 e. The molecule has 1 atom stereocenters. The van der Waals surface area contributed by atoms with E-state index in [-0.39, 0.29) is 11.5 Å². The van der Waals surface area contributed by atoms with Crippen LogP contribution in [0.3, 0.4) is 0 Å². The van der Waals surface area contributed by atoms with Crippen molar-refractivity contribution in [2.45, 2.75) is 26.0 Å². The Bertz CT molecular complexity index is 203. The maximum absolute atomic E-state index is 10.8. The monoisotopic (exact) mass is 164 g/mol. The van der Waals surface area contributed by atoms with Crippen molar-refractivity contribution in [1.29, 1.82) is 0 Å². The van der Waals surface area contributed by atoms with Crippen molar-refractivity contribution in [2.24, 2.45) is 5.92 Å². The molecule has 0 radical (unpaired) electrons. The molecule has 0 aliphatic rings. The van der Waals surface area contributed by atoms with Gasteiger partial charge in [-0.15, -0.1) is 0 Å². The molecular formula is C6H12O3S. The Morgan fingerprint density at radius 1 is 1.20 bits per heavy atom. The highest BCUT2D eigenvalue weighted by Gasteiger charge is 2.22. The number of sulfone groups is 1. The highest BCUT2D eigenvalue weighted by molar-refractivity contribution is 8.04. The van der Waals surface area contributed by atoms with Gasteiger partial charge in [-0.2, -0.15) is 0 Å². The third kappa shape index (κ3) is 2.10. The summed E-state index contributed by atoms with van der Waals surface area (Å²) >= 11 is 0. The lowest BCUT2D eigenvalue weighted by Crippen LogP contribution is -2.23. The molecule has 0 amide bonds. The van der Waals surface area contributed by atoms with Gasteiger partial charge in [0.15, 0.2) is 0 Å². The van der Waals surface area contributed by atoms with E-state index in [4.69, 9.17) is 0 Å². The fraction of sp³-hybridized carbons (Fsp3) is 0.833. The van der Waals surface area contributed by atoms with Crippen LogP contribution in [-0.2, 0) is 14.6 Å². The van der Waals surface area contributed by atoms with Crippen molar-refractivity contribution in [3.63, 3.8) is 0 Å². The summed E-state index contributed by atoms with van der Waals surface area (Å²) in [5.41, 5.74) is 0.0255. The van der Waals surface area contributed by atoms with Gasteiger partial charge < -0.3 is 0 Å². The Hall–Kier alpha value is -0.380. The average molecular weight is 164 g/mol. The molecule has 0 N–H and O–H groups in total. The smallest absolute Gasteiger partial charge is 0.234 e. The second-order valence-electron chi connectivity index (χ2n) is 2.63. The van der Waals surface area contributed by atoms with E-state index in [1.807, 2.05) is 0 Å². The zero-order chi connectivity index (χ0) is 8.36. The van der Waals surface area contributed by atoms with E-state index in [0.29, 0.717) is 0 Å². The van der Waals surface area contributed by atoms with Crippen molar-refractivity contribution in [3.8, 4) is 0 Å². The van der Waals surface area contributed by atoms with Crippen molar-refractivity contribution < 1.29 is 13.2 Å². The van der Waals surface area contributed by atoms with Crippen LogP contribution in [0.1, 0.15) is 20.8 Å². The van der Waals surface area contributed by atoms with Crippen molar-refractivity contribution in [3.05, 3.63) is 0 Å². The van der Waals surface area contributed by atoms with Crippen molar-refractivity contribution >= 4 is 15.5 Å². The highest BCUT2D eigenvalue weighted by atomic mass is 32.2. The lowest BCUT2D eigenvalue weighted by molar-refractivity contribution is 0.536. The van der Waals surface area contributed by atoms with E-state index in [0.717, 1.165) is 0 Å². The lowest BCUT2D eigenvalue weighted by Gasteiger charge is -2.10. The maximum atomic E-state index is 10.8. The molecule has 0 aromatic carbocycles. The van der Waals surface area contributed by atoms with Gasteiger partial charge in [0, 0.05) is 0 Å². The van der Waals surface area contributed by atoms with Gasteiger partial charge >= 0.3 is 0 Å². The molecule has 0 spiro atoms. The van der Waals surface area contributed by atoms with E-state index >= 15 is 0 Å². The molecule has 3 nitrogen and oxygen atoms in total. The van der Waals surface area contributed by atoms with Gasteiger partial charge in [0.05, 0.1) is 5.25 Å². The van der Waals surface area contributed by atoms with E-state index in [1.54, 1.807) is 13.8 Å². The van der Waals surface area contributed by atoms with Gasteiger partial charge in [0.25, 0.3) is 0 Å². The van der Waals surface area contributed by atoms with Crippen LogP contribution in [0, 0.1) is 5.92 Å². The molecule has 0 bridgehead atoms. The first kappa shape index (κ1) is 9.62. The minimum atomic E-state index is -3.48. The zero-order valence-electron chi connectivity index (χ0n) is 6.37. The molecule has 60 valence electrons. The van der Waals surface area contributed by atoms with E-state index < -0.39 is 15.1 Å². The van der Waals surface area contributed by atoms with Crippen LogP contribution in [0.5, 0.6) is 0 Å². The number of carbonyl (C=O) groups is 1. The second kappa shape index (κ2) is 3.14. The molecular weight excluding hydrogens is 152 g/mol. The molecule has 4 heteroatoms. The fourth-order valence-electron chi connectivity index (χ4n) is 0.467. The Morgan fingerprint density at radius 3 is 1.70 bits per heavy atom. The summed E-state index contributed by atoms with van der Waals surface area (Å²) < 4.78 is 21.5. The van der Waals surface area contributed by atoms with Crippen molar-refractivity contribution in [1.82, 2.24) is 0 Å². The largest absolute Gasteiger partial charge is 0.285 e. The average Bonchev–Trinajstić information content (AvgIpc) is 1.86. The Balaban J connectivity index is 4.50. The number of hydrogen-bond donors (Lipinski definition) is 0. The van der Waals surface area contributed by atoms with Gasteiger partial charge in [-0.05, 0) is 12.8 Å². The van der Waals surface area contributed by atoms with Gasteiger partial charge in [-0.3, -0.25) is 4.79 Å².